The van der Waals surface area contributed by atoms with E-state index >= 15 is 0 Å². The van der Waals surface area contributed by atoms with Gasteiger partial charge in [0.15, 0.2) is 0 Å². The van der Waals surface area contributed by atoms with Crippen molar-refractivity contribution in [3.63, 3.8) is 0 Å². The first-order valence-electron chi connectivity index (χ1n) is 5.57. The number of aromatic nitrogens is 2. The van der Waals surface area contributed by atoms with Crippen molar-refractivity contribution in [2.75, 3.05) is 12.4 Å². The minimum Gasteiger partial charge on any atom is -0.467 e. The fraction of sp³-hybridized carbons (Fsp3) is 0.154. The van der Waals surface area contributed by atoms with Crippen LogP contribution >= 0.6 is 11.6 Å². The van der Waals surface area contributed by atoms with Crippen LogP contribution in [0.5, 0.6) is 6.01 Å². The molecule has 2 aromatic rings. The summed E-state index contributed by atoms with van der Waals surface area (Å²) in [5.41, 5.74) is 1.41. The lowest BCUT2D eigenvalue weighted by atomic mass is 10.1. The second-order valence-electron chi connectivity index (χ2n) is 3.81. The van der Waals surface area contributed by atoms with Crippen LogP contribution in [0.2, 0.25) is 5.02 Å². The molecule has 1 heterocycles. The quantitative estimate of drug-likeness (QED) is 0.931. The lowest BCUT2D eigenvalue weighted by Gasteiger charge is -2.05. The zero-order valence-corrected chi connectivity index (χ0v) is 11.0. The lowest BCUT2D eigenvalue weighted by molar-refractivity contribution is -0.115. The summed E-state index contributed by atoms with van der Waals surface area (Å²) < 4.78 is 4.83. The Kier molecular flexibility index (Phi) is 4.30. The Labute approximate surface area is 115 Å². The highest BCUT2D eigenvalue weighted by Gasteiger charge is 2.05. The number of anilines is 1. The topological polar surface area (TPSA) is 64.1 Å². The number of halogens is 1. The van der Waals surface area contributed by atoms with Crippen molar-refractivity contribution in [2.24, 2.45) is 0 Å². The molecule has 0 aliphatic carbocycles. The molecule has 98 valence electrons. The number of nitrogens with one attached hydrogen (secondary N) is 1. The van der Waals surface area contributed by atoms with Crippen LogP contribution in [0.25, 0.3) is 0 Å². The van der Waals surface area contributed by atoms with E-state index in [1.165, 1.54) is 19.5 Å². The molecule has 1 N–H and O–H groups in total. The van der Waals surface area contributed by atoms with Gasteiger partial charge in [-0.2, -0.15) is 0 Å². The number of carbonyl (C=O) groups excluding carboxylic acids is 1. The Morgan fingerprint density at radius 2 is 1.89 bits per heavy atom. The predicted molar refractivity (Wildman–Crippen MR) is 72.4 cm³/mol. The summed E-state index contributed by atoms with van der Waals surface area (Å²) in [5, 5.41) is 3.35. The number of carbonyl (C=O) groups is 1. The van der Waals surface area contributed by atoms with Crippen molar-refractivity contribution in [3.05, 3.63) is 47.2 Å². The van der Waals surface area contributed by atoms with Gasteiger partial charge in [-0.15, -0.1) is 0 Å². The molecule has 0 saturated heterocycles. The van der Waals surface area contributed by atoms with Crippen LogP contribution in [0.1, 0.15) is 5.56 Å². The van der Waals surface area contributed by atoms with Crippen LogP contribution in [-0.4, -0.2) is 23.0 Å². The number of benzene rings is 1. The molecule has 5 nitrogen and oxygen atoms in total. The molecular weight excluding hydrogens is 266 g/mol. The number of rotatable bonds is 4. The largest absolute Gasteiger partial charge is 0.467 e. The second-order valence-corrected chi connectivity index (χ2v) is 4.25. The van der Waals surface area contributed by atoms with Crippen molar-refractivity contribution in [1.82, 2.24) is 9.97 Å². The first kappa shape index (κ1) is 13.3. The average Bonchev–Trinajstić information content (AvgIpc) is 2.42. The third-order valence-corrected chi connectivity index (χ3v) is 2.62. The predicted octanol–water partition coefficient (Wildman–Crippen LogP) is 2.32. The Hall–Kier alpha value is -2.14. The van der Waals surface area contributed by atoms with E-state index in [0.29, 0.717) is 10.7 Å². The highest BCUT2D eigenvalue weighted by atomic mass is 35.5. The average molecular weight is 278 g/mol. The van der Waals surface area contributed by atoms with Crippen LogP contribution in [0.15, 0.2) is 36.7 Å². The molecule has 0 spiro atoms. The molecule has 2 rings (SSSR count). The molecule has 1 aromatic carbocycles. The molecule has 0 atom stereocenters. The minimum absolute atomic E-state index is 0.143. The van der Waals surface area contributed by atoms with Gasteiger partial charge in [0.25, 0.3) is 0 Å². The number of amides is 1. The van der Waals surface area contributed by atoms with Gasteiger partial charge >= 0.3 is 6.01 Å². The maximum atomic E-state index is 11.8. The molecule has 1 amide bonds. The van der Waals surface area contributed by atoms with Crippen molar-refractivity contribution in [1.29, 1.82) is 0 Å². The van der Waals surface area contributed by atoms with Gasteiger partial charge in [0, 0.05) is 5.02 Å². The summed E-state index contributed by atoms with van der Waals surface area (Å²) in [6.07, 6.45) is 3.25. The van der Waals surface area contributed by atoms with Crippen molar-refractivity contribution in [3.8, 4) is 6.01 Å². The van der Waals surface area contributed by atoms with Crippen LogP contribution in [0.4, 0.5) is 5.69 Å². The molecule has 6 heteroatoms. The van der Waals surface area contributed by atoms with Gasteiger partial charge in [0.1, 0.15) is 0 Å². The zero-order chi connectivity index (χ0) is 13.7. The minimum atomic E-state index is -0.143. The number of nitrogens with zero attached hydrogens (tertiary/aromatic N) is 2. The highest BCUT2D eigenvalue weighted by molar-refractivity contribution is 6.30. The molecule has 0 saturated carbocycles. The first-order chi connectivity index (χ1) is 9.17. The molecule has 1 aromatic heterocycles. The van der Waals surface area contributed by atoms with Gasteiger partial charge in [-0.1, -0.05) is 23.7 Å². The summed E-state index contributed by atoms with van der Waals surface area (Å²) in [6.45, 7) is 0. The van der Waals surface area contributed by atoms with Crippen LogP contribution < -0.4 is 10.1 Å². The molecule has 19 heavy (non-hydrogen) atoms. The zero-order valence-electron chi connectivity index (χ0n) is 10.3. The summed E-state index contributed by atoms with van der Waals surface area (Å²) in [6, 6.07) is 7.39. The van der Waals surface area contributed by atoms with Gasteiger partial charge in [0.05, 0.1) is 31.6 Å². The van der Waals surface area contributed by atoms with Crippen LogP contribution in [0.3, 0.4) is 0 Å². The van der Waals surface area contributed by atoms with E-state index in [9.17, 15) is 4.79 Å². The Bertz CT molecular complexity index is 555. The summed E-state index contributed by atoms with van der Waals surface area (Å²) in [7, 11) is 1.48. The van der Waals surface area contributed by atoms with E-state index in [1.807, 2.05) is 12.1 Å². The van der Waals surface area contributed by atoms with E-state index < -0.39 is 0 Å². The van der Waals surface area contributed by atoms with E-state index in [-0.39, 0.29) is 18.3 Å². The molecular formula is C13H12ClN3O2. The maximum absolute atomic E-state index is 11.8. The van der Waals surface area contributed by atoms with Gasteiger partial charge in [-0.05, 0) is 17.7 Å². The van der Waals surface area contributed by atoms with Crippen LogP contribution in [-0.2, 0) is 11.2 Å². The summed E-state index contributed by atoms with van der Waals surface area (Å²) in [4.78, 5) is 19.6. The third kappa shape index (κ3) is 3.93. The molecule has 0 aliphatic rings. The molecule has 0 bridgehead atoms. The Morgan fingerprint density at radius 3 is 2.47 bits per heavy atom. The number of ether oxygens (including phenoxy) is 1. The SMILES string of the molecule is COc1ncc(NC(=O)Cc2ccc(Cl)cc2)cn1. The Morgan fingerprint density at radius 1 is 1.26 bits per heavy atom. The fourth-order valence-electron chi connectivity index (χ4n) is 1.48. The lowest BCUT2D eigenvalue weighted by Crippen LogP contribution is -2.14. The Balaban J connectivity index is 1.95. The first-order valence-corrected chi connectivity index (χ1v) is 5.95. The summed E-state index contributed by atoms with van der Waals surface area (Å²) in [5.74, 6) is -0.143. The van der Waals surface area contributed by atoms with E-state index in [0.717, 1.165) is 5.56 Å². The van der Waals surface area contributed by atoms with E-state index in [1.54, 1.807) is 12.1 Å². The van der Waals surface area contributed by atoms with Gasteiger partial charge in [-0.3, -0.25) is 4.79 Å². The molecule has 0 radical (unpaired) electrons. The molecule has 0 unspecified atom stereocenters. The van der Waals surface area contributed by atoms with Crippen molar-refractivity contribution in [2.45, 2.75) is 6.42 Å². The highest BCUT2D eigenvalue weighted by Crippen LogP contribution is 2.11. The van der Waals surface area contributed by atoms with Gasteiger partial charge < -0.3 is 10.1 Å². The van der Waals surface area contributed by atoms with Crippen LogP contribution in [0, 0.1) is 0 Å². The summed E-state index contributed by atoms with van der Waals surface area (Å²) >= 11 is 5.78. The normalized spacial score (nSPS) is 10.0. The van der Waals surface area contributed by atoms with E-state index in [2.05, 4.69) is 15.3 Å². The molecule has 0 fully saturated rings. The van der Waals surface area contributed by atoms with E-state index in [4.69, 9.17) is 16.3 Å². The number of hydrogen-bond donors (Lipinski definition) is 1. The molecule has 0 aliphatic heterocycles. The third-order valence-electron chi connectivity index (χ3n) is 2.37. The van der Waals surface area contributed by atoms with Gasteiger partial charge in [0.2, 0.25) is 5.91 Å². The number of hydrogen-bond acceptors (Lipinski definition) is 4. The smallest absolute Gasteiger partial charge is 0.316 e. The monoisotopic (exact) mass is 277 g/mol. The fourth-order valence-corrected chi connectivity index (χ4v) is 1.60. The van der Waals surface area contributed by atoms with Crippen molar-refractivity contribution >= 4 is 23.2 Å². The van der Waals surface area contributed by atoms with Crippen molar-refractivity contribution < 1.29 is 9.53 Å². The maximum Gasteiger partial charge on any atom is 0.316 e. The standard InChI is InChI=1S/C13H12ClN3O2/c1-19-13-15-7-11(8-16-13)17-12(18)6-9-2-4-10(14)5-3-9/h2-5,7-8H,6H2,1H3,(H,17,18). The second kappa shape index (κ2) is 6.15. The van der Waals surface area contributed by atoms with Gasteiger partial charge in [-0.25, -0.2) is 9.97 Å². The number of methoxy groups -OCH3 is 1.